The summed E-state index contributed by atoms with van der Waals surface area (Å²) in [5.74, 6) is -3.20. The van der Waals surface area contributed by atoms with Crippen molar-refractivity contribution >= 4 is 23.8 Å². The Bertz CT molecular complexity index is 515. The molecule has 1 atom stereocenters. The highest BCUT2D eigenvalue weighted by Crippen LogP contribution is 2.21. The number of aliphatic carboxylic acids is 1. The van der Waals surface area contributed by atoms with E-state index in [1.807, 2.05) is 0 Å². The first-order valence-corrected chi connectivity index (χ1v) is 8.63. The number of rotatable bonds is 9. The molecule has 0 aromatic carbocycles. The van der Waals surface area contributed by atoms with Gasteiger partial charge in [-0.25, -0.2) is 0 Å². The Hall–Kier alpha value is -2.12. The van der Waals surface area contributed by atoms with Crippen molar-refractivity contribution in [1.82, 2.24) is 5.32 Å². The fourth-order valence-electron chi connectivity index (χ4n) is 2.02. The molecule has 0 aliphatic rings. The molecule has 0 rings (SSSR count). The number of nitrogens with one attached hydrogen (secondary N) is 1. The van der Waals surface area contributed by atoms with Gasteiger partial charge in [0.05, 0.1) is 5.92 Å². The Balaban J connectivity index is 4.74. The van der Waals surface area contributed by atoms with E-state index in [9.17, 15) is 19.2 Å². The zero-order valence-electron chi connectivity index (χ0n) is 16.5. The van der Waals surface area contributed by atoms with Crippen LogP contribution < -0.4 is 5.32 Å². The van der Waals surface area contributed by atoms with Crippen molar-refractivity contribution in [2.75, 3.05) is 6.54 Å². The molecule has 8 heteroatoms. The fourth-order valence-corrected chi connectivity index (χ4v) is 2.02. The lowest BCUT2D eigenvalue weighted by molar-refractivity contribution is -0.161. The number of ether oxygens (including phenoxy) is 2. The first kappa shape index (κ1) is 23.9. The van der Waals surface area contributed by atoms with Gasteiger partial charge in [0, 0.05) is 12.8 Å². The third-order valence-corrected chi connectivity index (χ3v) is 3.01. The lowest BCUT2D eigenvalue weighted by Gasteiger charge is -2.24. The summed E-state index contributed by atoms with van der Waals surface area (Å²) in [4.78, 5) is 46.3. The molecule has 2 N–H and O–H groups in total. The molecule has 0 aromatic heterocycles. The number of carboxylic acids is 1. The van der Waals surface area contributed by atoms with E-state index in [2.05, 4.69) is 5.32 Å². The van der Waals surface area contributed by atoms with Crippen LogP contribution in [0.4, 0.5) is 0 Å². The van der Waals surface area contributed by atoms with Crippen molar-refractivity contribution in [1.29, 1.82) is 0 Å². The molecule has 0 aliphatic heterocycles. The molecular formula is C18H31NO7. The highest BCUT2D eigenvalue weighted by molar-refractivity contribution is 5.82. The van der Waals surface area contributed by atoms with E-state index in [4.69, 9.17) is 14.6 Å². The lowest BCUT2D eigenvalue weighted by Crippen LogP contribution is -2.32. The molecule has 0 bridgehead atoms. The minimum atomic E-state index is -1.15. The molecule has 26 heavy (non-hydrogen) atoms. The van der Waals surface area contributed by atoms with E-state index in [0.29, 0.717) is 0 Å². The van der Waals surface area contributed by atoms with Crippen molar-refractivity contribution in [3.63, 3.8) is 0 Å². The summed E-state index contributed by atoms with van der Waals surface area (Å²) in [6, 6.07) is 0. The monoisotopic (exact) mass is 373 g/mol. The predicted octanol–water partition coefficient (Wildman–Crippen LogP) is 2.05. The summed E-state index contributed by atoms with van der Waals surface area (Å²) < 4.78 is 10.6. The Morgan fingerprint density at radius 2 is 1.38 bits per heavy atom. The van der Waals surface area contributed by atoms with Crippen LogP contribution in [-0.2, 0) is 28.7 Å². The van der Waals surface area contributed by atoms with Crippen LogP contribution in [0.3, 0.4) is 0 Å². The molecule has 0 aromatic rings. The van der Waals surface area contributed by atoms with Gasteiger partial charge in [-0.1, -0.05) is 0 Å². The Morgan fingerprint density at radius 1 is 0.885 bits per heavy atom. The zero-order valence-corrected chi connectivity index (χ0v) is 16.5. The Morgan fingerprint density at radius 3 is 1.85 bits per heavy atom. The molecular weight excluding hydrogens is 342 g/mol. The van der Waals surface area contributed by atoms with Gasteiger partial charge in [-0.15, -0.1) is 0 Å². The standard InChI is InChI=1S/C18H31NO7/c1-17(2,3)25-15(23)10-8-12(16(24)26-18(4,5)6)7-9-13(20)19-11-14(21)22/h12H,7-11H2,1-6H3,(H,19,20)(H,21,22). The van der Waals surface area contributed by atoms with Gasteiger partial charge in [-0.2, -0.15) is 0 Å². The van der Waals surface area contributed by atoms with Gasteiger partial charge in [0.25, 0.3) is 0 Å². The van der Waals surface area contributed by atoms with Crippen LogP contribution in [-0.4, -0.2) is 46.7 Å². The van der Waals surface area contributed by atoms with Crippen LogP contribution in [0.2, 0.25) is 0 Å². The quantitative estimate of drug-likeness (QED) is 0.594. The molecule has 150 valence electrons. The van der Waals surface area contributed by atoms with Crippen molar-refractivity contribution in [3.05, 3.63) is 0 Å². The predicted molar refractivity (Wildman–Crippen MR) is 94.3 cm³/mol. The van der Waals surface area contributed by atoms with E-state index in [0.717, 1.165) is 0 Å². The molecule has 0 heterocycles. The maximum absolute atomic E-state index is 12.3. The van der Waals surface area contributed by atoms with Crippen LogP contribution in [0.5, 0.6) is 0 Å². The molecule has 0 aliphatic carbocycles. The maximum Gasteiger partial charge on any atom is 0.322 e. The molecule has 1 amide bonds. The van der Waals surface area contributed by atoms with Crippen LogP contribution in [0.1, 0.15) is 67.2 Å². The van der Waals surface area contributed by atoms with Gasteiger partial charge in [0.15, 0.2) is 0 Å². The number of amides is 1. The van der Waals surface area contributed by atoms with Gasteiger partial charge >= 0.3 is 17.9 Å². The third-order valence-electron chi connectivity index (χ3n) is 3.01. The SMILES string of the molecule is CC(C)(C)OC(=O)CCC(CCC(=O)NCC(=O)O)C(=O)OC(C)(C)C. The number of carbonyl (C=O) groups excluding carboxylic acids is 3. The zero-order chi connectivity index (χ0) is 20.5. The largest absolute Gasteiger partial charge is 0.480 e. The van der Waals surface area contributed by atoms with Gasteiger partial charge in [0.1, 0.15) is 17.7 Å². The molecule has 0 spiro atoms. The van der Waals surface area contributed by atoms with Crippen LogP contribution in [0, 0.1) is 5.92 Å². The average molecular weight is 373 g/mol. The summed E-state index contributed by atoms with van der Waals surface area (Å²) in [7, 11) is 0. The highest BCUT2D eigenvalue weighted by atomic mass is 16.6. The van der Waals surface area contributed by atoms with Gasteiger partial charge in [-0.3, -0.25) is 19.2 Å². The number of carboxylic acid groups (broad SMARTS) is 1. The summed E-state index contributed by atoms with van der Waals surface area (Å²) in [6.07, 6.45) is 0.336. The molecule has 0 saturated carbocycles. The summed E-state index contributed by atoms with van der Waals surface area (Å²) >= 11 is 0. The van der Waals surface area contributed by atoms with Gasteiger partial charge in [-0.05, 0) is 54.4 Å². The second-order valence-electron chi connectivity index (χ2n) is 8.06. The number of hydrogen-bond donors (Lipinski definition) is 2. The molecule has 0 saturated heterocycles. The van der Waals surface area contributed by atoms with E-state index >= 15 is 0 Å². The van der Waals surface area contributed by atoms with E-state index in [1.165, 1.54) is 0 Å². The number of esters is 2. The molecule has 1 unspecified atom stereocenters. The number of carbonyl (C=O) groups is 4. The van der Waals surface area contributed by atoms with E-state index in [-0.39, 0.29) is 25.7 Å². The first-order chi connectivity index (χ1) is 11.7. The van der Waals surface area contributed by atoms with Gasteiger partial charge in [0.2, 0.25) is 5.91 Å². The summed E-state index contributed by atoms with van der Waals surface area (Å²) in [5, 5.41) is 10.8. The number of hydrogen-bond acceptors (Lipinski definition) is 6. The fraction of sp³-hybridized carbons (Fsp3) is 0.778. The second-order valence-corrected chi connectivity index (χ2v) is 8.06. The minimum absolute atomic E-state index is 0.0257. The van der Waals surface area contributed by atoms with E-state index < -0.39 is 47.5 Å². The van der Waals surface area contributed by atoms with Crippen molar-refractivity contribution in [2.45, 2.75) is 78.4 Å². The molecule has 0 fully saturated rings. The maximum atomic E-state index is 12.3. The third kappa shape index (κ3) is 13.2. The van der Waals surface area contributed by atoms with Crippen LogP contribution >= 0.6 is 0 Å². The average Bonchev–Trinajstić information content (AvgIpc) is 2.40. The van der Waals surface area contributed by atoms with Gasteiger partial charge < -0.3 is 19.9 Å². The highest BCUT2D eigenvalue weighted by Gasteiger charge is 2.27. The second kappa shape index (κ2) is 10.1. The first-order valence-electron chi connectivity index (χ1n) is 8.63. The Kier molecular flexibility index (Phi) is 9.31. The van der Waals surface area contributed by atoms with Crippen molar-refractivity contribution in [2.24, 2.45) is 5.92 Å². The summed E-state index contributed by atoms with van der Waals surface area (Å²) in [5.41, 5.74) is -1.30. The lowest BCUT2D eigenvalue weighted by atomic mass is 9.97. The minimum Gasteiger partial charge on any atom is -0.480 e. The summed E-state index contributed by atoms with van der Waals surface area (Å²) in [6.45, 7) is 9.98. The topological polar surface area (TPSA) is 119 Å². The van der Waals surface area contributed by atoms with E-state index in [1.54, 1.807) is 41.5 Å². The van der Waals surface area contributed by atoms with Crippen molar-refractivity contribution in [3.8, 4) is 0 Å². The smallest absolute Gasteiger partial charge is 0.322 e. The molecule has 8 nitrogen and oxygen atoms in total. The Labute approximate surface area is 154 Å². The normalized spacial score (nSPS) is 12.8. The van der Waals surface area contributed by atoms with Crippen LogP contribution in [0.25, 0.3) is 0 Å². The van der Waals surface area contributed by atoms with Crippen molar-refractivity contribution < 1.29 is 33.8 Å². The molecule has 0 radical (unpaired) electrons. The van der Waals surface area contributed by atoms with Crippen LogP contribution in [0.15, 0.2) is 0 Å².